The Morgan fingerprint density at radius 1 is 0.711 bits per heavy atom. The van der Waals surface area contributed by atoms with Gasteiger partial charge in [0.1, 0.15) is 6.54 Å². The van der Waals surface area contributed by atoms with Gasteiger partial charge in [-0.1, -0.05) is 36.4 Å². The van der Waals surface area contributed by atoms with Crippen LogP contribution in [0.3, 0.4) is 0 Å². The average Bonchev–Trinajstić information content (AvgIpc) is 3.74. The molecule has 8 N–H and O–H groups in total. The van der Waals surface area contributed by atoms with E-state index in [1.165, 1.54) is 6.07 Å². The second-order valence-electron chi connectivity index (χ2n) is 9.89. The average molecular weight is 599 g/mol. The number of benzene rings is 4. The van der Waals surface area contributed by atoms with Gasteiger partial charge in [0.25, 0.3) is 17.7 Å². The number of hydrogen-bond acceptors (Lipinski definition) is 5. The highest BCUT2D eigenvalue weighted by atomic mass is 16.4. The van der Waals surface area contributed by atoms with E-state index in [0.717, 1.165) is 33.0 Å². The van der Waals surface area contributed by atoms with Gasteiger partial charge in [0, 0.05) is 28.7 Å². The summed E-state index contributed by atoms with van der Waals surface area (Å²) in [5, 5.41) is 21.8. The molecular formula is C34H26N6O5. The van der Waals surface area contributed by atoms with E-state index in [4.69, 9.17) is 21.8 Å². The number of H-pyrrole nitrogens is 2. The van der Waals surface area contributed by atoms with Crippen LogP contribution in [0.15, 0.2) is 97.3 Å². The molecule has 3 amide bonds. The van der Waals surface area contributed by atoms with E-state index in [9.17, 15) is 19.2 Å². The molecule has 0 bridgehead atoms. The van der Waals surface area contributed by atoms with Crippen LogP contribution >= 0.6 is 0 Å². The van der Waals surface area contributed by atoms with Gasteiger partial charge < -0.3 is 31.9 Å². The van der Waals surface area contributed by atoms with Crippen LogP contribution in [0.2, 0.25) is 0 Å². The number of hydrogen-bond donors (Lipinski definition) is 6. The Bertz CT molecular complexity index is 2150. The number of nitrogens with zero attached hydrogens (tertiary/aromatic N) is 1. The lowest BCUT2D eigenvalue weighted by Gasteiger charge is -2.08. The number of carbonyl (C=O) groups excluding carboxylic acids is 3. The van der Waals surface area contributed by atoms with E-state index < -0.39 is 17.8 Å². The molecule has 0 aliphatic rings. The van der Waals surface area contributed by atoms with Gasteiger partial charge in [-0.15, -0.1) is 0 Å². The number of aromatic carboxylic acids is 1. The van der Waals surface area contributed by atoms with Crippen LogP contribution in [-0.2, 0) is 0 Å². The normalized spacial score (nSPS) is 10.5. The molecule has 2 heterocycles. The van der Waals surface area contributed by atoms with Crippen molar-refractivity contribution in [2.24, 2.45) is 11.5 Å². The predicted octanol–water partition coefficient (Wildman–Crippen LogP) is 4.82. The molecule has 0 unspecified atom stereocenters. The first kappa shape index (κ1) is 29.8. The molecule has 0 saturated heterocycles. The van der Waals surface area contributed by atoms with Crippen molar-refractivity contribution in [2.45, 2.75) is 0 Å². The Balaban J connectivity index is 0.000000179. The smallest absolute Gasteiger partial charge is 0.335 e. The van der Waals surface area contributed by atoms with Gasteiger partial charge in [0.15, 0.2) is 0 Å². The zero-order valence-electron chi connectivity index (χ0n) is 23.6. The molecule has 0 aliphatic heterocycles. The summed E-state index contributed by atoms with van der Waals surface area (Å²) >= 11 is 0. The van der Waals surface area contributed by atoms with Crippen molar-refractivity contribution < 1.29 is 24.3 Å². The maximum Gasteiger partial charge on any atom is 0.335 e. The van der Waals surface area contributed by atoms with E-state index in [2.05, 4.69) is 15.3 Å². The number of aromatic amines is 2. The molecule has 4 aromatic carbocycles. The fraction of sp³-hybridized carbons (Fsp3) is 0.0294. The minimum atomic E-state index is -0.976. The molecule has 11 nitrogen and oxygen atoms in total. The predicted molar refractivity (Wildman–Crippen MR) is 169 cm³/mol. The topological polar surface area (TPSA) is 208 Å². The Labute approximate surface area is 256 Å². The molecule has 0 radical (unpaired) electrons. The maximum atomic E-state index is 12.0. The standard InChI is InChI=1S/C18H14N4O2.C16H12N2O3/c19-7-9-22-18(24)12-3-1-2-11(10-12)13-4-5-15(17(20)23)16-14(13)6-8-21-16;17-15(19)13-5-4-11(12-6-7-18-14(12)13)9-2-1-3-10(8-9)16(20)21/h1-6,8,10,21H,9H2,(H2,20,23)(H,22,24);1-8,18H,(H2,17,19)(H,20,21). The second kappa shape index (κ2) is 12.7. The number of nitriles is 1. The number of primary amides is 2. The number of nitrogens with one attached hydrogen (secondary N) is 3. The van der Waals surface area contributed by atoms with Gasteiger partial charge >= 0.3 is 5.97 Å². The van der Waals surface area contributed by atoms with Crippen LogP contribution in [0.4, 0.5) is 0 Å². The molecule has 222 valence electrons. The van der Waals surface area contributed by atoms with Crippen molar-refractivity contribution in [3.63, 3.8) is 0 Å². The first-order valence-electron chi connectivity index (χ1n) is 13.6. The number of nitrogens with two attached hydrogens (primary N) is 2. The lowest BCUT2D eigenvalue weighted by molar-refractivity contribution is 0.0696. The number of rotatable bonds is 7. The van der Waals surface area contributed by atoms with Crippen LogP contribution in [0.5, 0.6) is 0 Å². The summed E-state index contributed by atoms with van der Waals surface area (Å²) in [7, 11) is 0. The molecule has 6 aromatic rings. The fourth-order valence-electron chi connectivity index (χ4n) is 5.10. The zero-order chi connectivity index (χ0) is 32.1. The second-order valence-corrected chi connectivity index (χ2v) is 9.89. The van der Waals surface area contributed by atoms with E-state index in [1.807, 2.05) is 36.4 Å². The summed E-state index contributed by atoms with van der Waals surface area (Å²) in [6.07, 6.45) is 3.46. The Hall–Kier alpha value is -6.67. The van der Waals surface area contributed by atoms with Crippen LogP contribution in [0.25, 0.3) is 44.1 Å². The molecule has 0 spiro atoms. The number of carbonyl (C=O) groups is 4. The van der Waals surface area contributed by atoms with Gasteiger partial charge in [-0.25, -0.2) is 4.79 Å². The van der Waals surface area contributed by atoms with Crippen LogP contribution in [0, 0.1) is 11.3 Å². The maximum absolute atomic E-state index is 12.0. The van der Waals surface area contributed by atoms with Crippen molar-refractivity contribution >= 4 is 45.5 Å². The number of fused-ring (bicyclic) bond motifs is 2. The number of amides is 3. The van der Waals surface area contributed by atoms with E-state index >= 15 is 0 Å². The van der Waals surface area contributed by atoms with E-state index in [-0.39, 0.29) is 18.0 Å². The van der Waals surface area contributed by atoms with Gasteiger partial charge in [-0.05, 0) is 70.8 Å². The molecular weight excluding hydrogens is 572 g/mol. The lowest BCUT2D eigenvalue weighted by Crippen LogP contribution is -2.23. The molecule has 0 atom stereocenters. The molecule has 0 aliphatic carbocycles. The first-order valence-corrected chi connectivity index (χ1v) is 13.6. The minimum absolute atomic E-state index is 0.0432. The Morgan fingerprint density at radius 3 is 1.67 bits per heavy atom. The summed E-state index contributed by atoms with van der Waals surface area (Å²) in [6.45, 7) is -0.0432. The molecule has 11 heteroatoms. The van der Waals surface area contributed by atoms with E-state index in [0.29, 0.717) is 27.7 Å². The molecule has 6 rings (SSSR count). The summed E-state index contributed by atoms with van der Waals surface area (Å²) in [5.74, 6) is -2.29. The fourth-order valence-corrected chi connectivity index (χ4v) is 5.10. The molecule has 0 fully saturated rings. The highest BCUT2D eigenvalue weighted by Crippen LogP contribution is 2.32. The number of aromatic nitrogens is 2. The summed E-state index contributed by atoms with van der Waals surface area (Å²) in [5.41, 5.74) is 16.9. The Morgan fingerprint density at radius 2 is 1.20 bits per heavy atom. The van der Waals surface area contributed by atoms with Crippen LogP contribution < -0.4 is 16.8 Å². The van der Waals surface area contributed by atoms with E-state index in [1.54, 1.807) is 60.9 Å². The molecule has 0 saturated carbocycles. The van der Waals surface area contributed by atoms with Crippen molar-refractivity contribution in [1.29, 1.82) is 5.26 Å². The van der Waals surface area contributed by atoms with Crippen molar-refractivity contribution in [1.82, 2.24) is 15.3 Å². The third-order valence-corrected chi connectivity index (χ3v) is 7.16. The third kappa shape index (κ3) is 6.11. The van der Waals surface area contributed by atoms with Gasteiger partial charge in [-0.3, -0.25) is 14.4 Å². The summed E-state index contributed by atoms with van der Waals surface area (Å²) in [4.78, 5) is 52.1. The van der Waals surface area contributed by atoms with Gasteiger partial charge in [0.05, 0.1) is 33.8 Å². The SMILES string of the molecule is N#CCNC(=O)c1cccc(-c2ccc(C(N)=O)c3[nH]ccc23)c1.NC(=O)c1ccc(-c2cccc(C(=O)O)c2)c2cc[nH]c12. The Kier molecular flexibility index (Phi) is 8.40. The third-order valence-electron chi connectivity index (χ3n) is 7.16. The van der Waals surface area contributed by atoms with Gasteiger partial charge in [-0.2, -0.15) is 5.26 Å². The number of carboxylic acids is 1. The zero-order valence-corrected chi connectivity index (χ0v) is 23.6. The summed E-state index contributed by atoms with van der Waals surface area (Å²) in [6, 6.07) is 26.2. The first-order chi connectivity index (χ1) is 21.7. The largest absolute Gasteiger partial charge is 0.478 e. The van der Waals surface area contributed by atoms with Gasteiger partial charge in [0.2, 0.25) is 0 Å². The number of carboxylic acid groups (broad SMARTS) is 1. The van der Waals surface area contributed by atoms with Crippen molar-refractivity contribution in [3.05, 3.63) is 120 Å². The van der Waals surface area contributed by atoms with Crippen molar-refractivity contribution in [3.8, 4) is 28.3 Å². The molecule has 45 heavy (non-hydrogen) atoms. The van der Waals surface area contributed by atoms with Crippen LogP contribution in [0.1, 0.15) is 41.4 Å². The summed E-state index contributed by atoms with van der Waals surface area (Å²) < 4.78 is 0. The van der Waals surface area contributed by atoms with Crippen molar-refractivity contribution in [2.75, 3.05) is 6.54 Å². The highest BCUT2D eigenvalue weighted by Gasteiger charge is 2.15. The minimum Gasteiger partial charge on any atom is -0.478 e. The highest BCUT2D eigenvalue weighted by molar-refractivity contribution is 6.10. The quantitative estimate of drug-likeness (QED) is 0.142. The lowest BCUT2D eigenvalue weighted by atomic mass is 9.97. The molecule has 2 aromatic heterocycles. The monoisotopic (exact) mass is 598 g/mol. The van der Waals surface area contributed by atoms with Crippen LogP contribution in [-0.4, -0.2) is 45.3 Å².